The number of imide groups is 1. The Morgan fingerprint density at radius 1 is 1.05 bits per heavy atom. The van der Waals surface area contributed by atoms with Crippen molar-refractivity contribution in [1.29, 1.82) is 0 Å². The third-order valence-corrected chi connectivity index (χ3v) is 4.77. The molecule has 6 heteroatoms. The molecule has 0 aromatic heterocycles. The quantitative estimate of drug-likeness (QED) is 0.372. The molecule has 2 aliphatic carbocycles. The molecule has 1 aromatic rings. The van der Waals surface area contributed by atoms with Crippen molar-refractivity contribution in [2.24, 2.45) is 28.8 Å². The summed E-state index contributed by atoms with van der Waals surface area (Å²) in [6.07, 6.45) is 6.28. The van der Waals surface area contributed by atoms with Crippen molar-refractivity contribution >= 4 is 18.0 Å². The summed E-state index contributed by atoms with van der Waals surface area (Å²) in [5.74, 6) is -1.23. The average Bonchev–Trinajstić information content (AvgIpc) is 3.16. The second kappa shape index (κ2) is 4.43. The summed E-state index contributed by atoms with van der Waals surface area (Å²) in [6.45, 7) is 0. The van der Waals surface area contributed by atoms with Crippen LogP contribution >= 0.6 is 0 Å². The lowest BCUT2D eigenvalue weighted by atomic mass is 9.85. The van der Waals surface area contributed by atoms with Crippen LogP contribution in [-0.4, -0.2) is 33.3 Å². The first-order valence-corrected chi connectivity index (χ1v) is 7.18. The van der Waals surface area contributed by atoms with Crippen LogP contribution in [0.1, 0.15) is 12.0 Å². The molecule has 2 bridgehead atoms. The molecule has 4 unspecified atom stereocenters. The Kier molecular flexibility index (Phi) is 2.63. The number of hydrazone groups is 1. The van der Waals surface area contributed by atoms with Crippen LogP contribution < -0.4 is 0 Å². The van der Waals surface area contributed by atoms with Gasteiger partial charge in [-0.2, -0.15) is 10.1 Å². The van der Waals surface area contributed by atoms with Gasteiger partial charge in [0.25, 0.3) is 11.8 Å². The maximum Gasteiger partial charge on any atom is 0.254 e. The average molecular weight is 298 g/mol. The van der Waals surface area contributed by atoms with E-state index in [4.69, 9.17) is 0 Å². The van der Waals surface area contributed by atoms with Crippen molar-refractivity contribution in [3.63, 3.8) is 0 Å². The van der Waals surface area contributed by atoms with Crippen molar-refractivity contribution in [1.82, 2.24) is 5.01 Å². The number of phenols is 2. The zero-order valence-electron chi connectivity index (χ0n) is 11.6. The van der Waals surface area contributed by atoms with Crippen molar-refractivity contribution in [2.75, 3.05) is 0 Å². The zero-order chi connectivity index (χ0) is 15.4. The number of hydrogen-bond donors (Lipinski definition) is 2. The summed E-state index contributed by atoms with van der Waals surface area (Å²) in [5.41, 5.74) is 0.494. The number of rotatable bonds is 2. The molecule has 1 aliphatic heterocycles. The van der Waals surface area contributed by atoms with E-state index in [-0.39, 0.29) is 47.0 Å². The lowest BCUT2D eigenvalue weighted by Gasteiger charge is -2.13. The van der Waals surface area contributed by atoms with Gasteiger partial charge in [0.15, 0.2) is 11.5 Å². The highest BCUT2D eigenvalue weighted by Gasteiger charge is 2.59. The number of aromatic hydroxyl groups is 2. The number of hydrogen-bond acceptors (Lipinski definition) is 5. The van der Waals surface area contributed by atoms with Gasteiger partial charge in [-0.15, -0.1) is 0 Å². The van der Waals surface area contributed by atoms with Crippen molar-refractivity contribution in [3.8, 4) is 11.5 Å². The predicted octanol–water partition coefficient (Wildman–Crippen LogP) is 1.24. The smallest absolute Gasteiger partial charge is 0.254 e. The van der Waals surface area contributed by atoms with E-state index in [9.17, 15) is 19.8 Å². The Morgan fingerprint density at radius 3 is 2.27 bits per heavy atom. The summed E-state index contributed by atoms with van der Waals surface area (Å²) < 4.78 is 0. The molecular weight excluding hydrogens is 284 g/mol. The van der Waals surface area contributed by atoms with Crippen LogP contribution in [0.3, 0.4) is 0 Å². The van der Waals surface area contributed by atoms with Gasteiger partial charge >= 0.3 is 0 Å². The number of fused-ring (bicyclic) bond motifs is 5. The molecule has 1 aromatic carbocycles. The monoisotopic (exact) mass is 298 g/mol. The summed E-state index contributed by atoms with van der Waals surface area (Å²) in [5, 5.41) is 23.6. The van der Waals surface area contributed by atoms with Gasteiger partial charge in [-0.05, 0) is 42.0 Å². The van der Waals surface area contributed by atoms with Crippen molar-refractivity contribution in [3.05, 3.63) is 35.9 Å². The van der Waals surface area contributed by atoms with Crippen LogP contribution in [-0.2, 0) is 9.59 Å². The van der Waals surface area contributed by atoms with Gasteiger partial charge < -0.3 is 10.2 Å². The molecule has 1 heterocycles. The van der Waals surface area contributed by atoms with E-state index in [0.717, 1.165) is 11.4 Å². The highest BCUT2D eigenvalue weighted by atomic mass is 16.3. The summed E-state index contributed by atoms with van der Waals surface area (Å²) in [4.78, 5) is 24.8. The second-order valence-electron chi connectivity index (χ2n) is 5.98. The molecular formula is C16H14N2O4. The van der Waals surface area contributed by atoms with Gasteiger partial charge in [0.2, 0.25) is 0 Å². The third-order valence-electron chi connectivity index (χ3n) is 4.77. The van der Waals surface area contributed by atoms with Gasteiger partial charge in [-0.3, -0.25) is 9.59 Å². The number of carbonyl (C=O) groups is 2. The molecule has 4 atom stereocenters. The highest BCUT2D eigenvalue weighted by Crippen LogP contribution is 2.52. The Bertz CT molecular complexity index is 710. The lowest BCUT2D eigenvalue weighted by Crippen LogP contribution is -2.28. The lowest BCUT2D eigenvalue weighted by molar-refractivity contribution is -0.140. The van der Waals surface area contributed by atoms with Crippen molar-refractivity contribution in [2.45, 2.75) is 6.42 Å². The van der Waals surface area contributed by atoms with Crippen LogP contribution in [0.15, 0.2) is 35.5 Å². The number of phenolic OH excluding ortho intramolecular Hbond substituents is 2. The van der Waals surface area contributed by atoms with E-state index in [2.05, 4.69) is 5.10 Å². The standard InChI is InChI=1S/C16H14N2O4/c19-11-4-1-8(5-12(11)20)7-17-18-15(21)13-9-2-3-10(6-9)14(13)16(18)22/h1-5,7,9-10,13-14,19-20H,6H2/b17-7+. The first-order chi connectivity index (χ1) is 10.6. The van der Waals surface area contributed by atoms with Gasteiger partial charge in [-0.1, -0.05) is 12.2 Å². The van der Waals surface area contributed by atoms with Gasteiger partial charge in [0, 0.05) is 0 Å². The van der Waals surface area contributed by atoms with Gasteiger partial charge in [0.05, 0.1) is 18.1 Å². The van der Waals surface area contributed by atoms with Crippen LogP contribution in [0.4, 0.5) is 0 Å². The summed E-state index contributed by atoms with van der Waals surface area (Å²) >= 11 is 0. The van der Waals surface area contributed by atoms with E-state index in [1.807, 2.05) is 12.2 Å². The molecule has 2 fully saturated rings. The molecule has 0 spiro atoms. The number of carbonyl (C=O) groups excluding carboxylic acids is 2. The minimum absolute atomic E-state index is 0.157. The molecule has 6 nitrogen and oxygen atoms in total. The Hall–Kier alpha value is -2.63. The minimum Gasteiger partial charge on any atom is -0.504 e. The van der Waals surface area contributed by atoms with E-state index in [1.165, 1.54) is 24.4 Å². The van der Waals surface area contributed by atoms with Crippen LogP contribution in [0, 0.1) is 23.7 Å². The molecule has 2 amide bonds. The first-order valence-electron chi connectivity index (χ1n) is 7.18. The van der Waals surface area contributed by atoms with Crippen LogP contribution in [0.5, 0.6) is 11.5 Å². The van der Waals surface area contributed by atoms with E-state index >= 15 is 0 Å². The molecule has 1 saturated carbocycles. The minimum atomic E-state index is -0.276. The fourth-order valence-electron chi connectivity index (χ4n) is 3.75. The van der Waals surface area contributed by atoms with Crippen LogP contribution in [0.25, 0.3) is 0 Å². The fourth-order valence-corrected chi connectivity index (χ4v) is 3.75. The molecule has 22 heavy (non-hydrogen) atoms. The maximum atomic E-state index is 12.4. The van der Waals surface area contributed by atoms with Gasteiger partial charge in [0.1, 0.15) is 0 Å². The van der Waals surface area contributed by atoms with Crippen molar-refractivity contribution < 1.29 is 19.8 Å². The normalized spacial score (nSPS) is 32.5. The Balaban J connectivity index is 1.59. The number of benzene rings is 1. The molecule has 112 valence electrons. The number of allylic oxidation sites excluding steroid dienone is 2. The SMILES string of the molecule is O=C1C2C3C=CC(C3)C2C(=O)N1/N=C/c1ccc(O)c(O)c1. The number of nitrogens with zero attached hydrogens (tertiary/aromatic N) is 2. The molecule has 0 radical (unpaired) electrons. The summed E-state index contributed by atoms with van der Waals surface area (Å²) in [7, 11) is 0. The maximum absolute atomic E-state index is 12.4. The molecule has 1 saturated heterocycles. The summed E-state index contributed by atoms with van der Waals surface area (Å²) in [6, 6.07) is 4.18. The Morgan fingerprint density at radius 2 is 1.68 bits per heavy atom. The molecule has 4 rings (SSSR count). The Labute approximate surface area is 126 Å². The fraction of sp³-hybridized carbons (Fsp3) is 0.312. The van der Waals surface area contributed by atoms with E-state index in [0.29, 0.717) is 5.56 Å². The topological polar surface area (TPSA) is 90.2 Å². The largest absolute Gasteiger partial charge is 0.504 e. The highest BCUT2D eigenvalue weighted by molar-refractivity contribution is 6.06. The number of amides is 2. The molecule has 2 N–H and O–H groups in total. The van der Waals surface area contributed by atoms with Crippen LogP contribution in [0.2, 0.25) is 0 Å². The second-order valence-corrected chi connectivity index (χ2v) is 5.98. The molecule has 3 aliphatic rings. The zero-order valence-corrected chi connectivity index (χ0v) is 11.6. The van der Waals surface area contributed by atoms with E-state index in [1.54, 1.807) is 0 Å². The third kappa shape index (κ3) is 1.70. The van der Waals surface area contributed by atoms with Gasteiger partial charge in [-0.25, -0.2) is 0 Å². The predicted molar refractivity (Wildman–Crippen MR) is 76.9 cm³/mol. The first kappa shape index (κ1) is 13.1. The van der Waals surface area contributed by atoms with E-state index < -0.39 is 0 Å².